The highest BCUT2D eigenvalue weighted by atomic mass is 32.2. The van der Waals surface area contributed by atoms with Crippen LogP contribution in [0.25, 0.3) is 11.4 Å². The minimum Gasteiger partial charge on any atom is -0.497 e. The van der Waals surface area contributed by atoms with Crippen molar-refractivity contribution in [3.05, 3.63) is 36.0 Å². The van der Waals surface area contributed by atoms with Crippen LogP contribution in [0.1, 0.15) is 23.9 Å². The summed E-state index contributed by atoms with van der Waals surface area (Å²) in [6.45, 7) is 3.80. The van der Waals surface area contributed by atoms with Crippen LogP contribution in [0.5, 0.6) is 5.75 Å². The molecule has 3 rings (SSSR count). The van der Waals surface area contributed by atoms with E-state index in [1.807, 2.05) is 42.8 Å². The van der Waals surface area contributed by atoms with Crippen molar-refractivity contribution < 1.29 is 9.26 Å². The summed E-state index contributed by atoms with van der Waals surface area (Å²) >= 11 is 1.53. The Morgan fingerprint density at radius 2 is 1.96 bits per heavy atom. The zero-order valence-electron chi connectivity index (χ0n) is 13.3. The quantitative estimate of drug-likeness (QED) is 0.665. The van der Waals surface area contributed by atoms with Crippen LogP contribution < -0.4 is 4.74 Å². The van der Waals surface area contributed by atoms with Gasteiger partial charge in [-0.15, -0.1) is 10.2 Å². The van der Waals surface area contributed by atoms with Crippen molar-refractivity contribution in [2.45, 2.75) is 24.3 Å². The van der Waals surface area contributed by atoms with Gasteiger partial charge in [0.15, 0.2) is 16.8 Å². The molecule has 1 atom stereocenters. The van der Waals surface area contributed by atoms with Crippen molar-refractivity contribution in [3.8, 4) is 17.1 Å². The number of hydrogen-bond donors (Lipinski definition) is 0. The lowest BCUT2D eigenvalue weighted by molar-refractivity contribution is 0.376. The fourth-order valence-corrected chi connectivity index (χ4v) is 2.94. The molecule has 0 N–H and O–H groups in total. The van der Waals surface area contributed by atoms with Gasteiger partial charge in [0, 0.05) is 12.6 Å². The Bertz CT molecular complexity index is 797. The highest BCUT2D eigenvalue weighted by molar-refractivity contribution is 7.99. The van der Waals surface area contributed by atoms with E-state index >= 15 is 0 Å². The van der Waals surface area contributed by atoms with E-state index in [1.165, 1.54) is 11.8 Å². The smallest absolute Gasteiger partial charge is 0.239 e. The molecule has 8 heteroatoms. The van der Waals surface area contributed by atoms with Gasteiger partial charge >= 0.3 is 0 Å². The number of ether oxygens (including phenoxy) is 1. The molecule has 0 aliphatic carbocycles. The van der Waals surface area contributed by atoms with Gasteiger partial charge in [-0.2, -0.15) is 4.98 Å². The minimum absolute atomic E-state index is 0.00261. The second kappa shape index (κ2) is 6.41. The molecule has 0 amide bonds. The number of nitrogens with zero attached hydrogens (tertiary/aromatic N) is 5. The van der Waals surface area contributed by atoms with Gasteiger partial charge in [-0.1, -0.05) is 16.9 Å². The Balaban J connectivity index is 1.81. The molecule has 120 valence electrons. The summed E-state index contributed by atoms with van der Waals surface area (Å²) in [6, 6.07) is 7.73. The third kappa shape index (κ3) is 3.21. The number of thioether (sulfide) groups is 1. The van der Waals surface area contributed by atoms with Gasteiger partial charge in [0.25, 0.3) is 0 Å². The van der Waals surface area contributed by atoms with Crippen LogP contribution in [0, 0.1) is 6.92 Å². The lowest BCUT2D eigenvalue weighted by Gasteiger charge is -2.07. The normalized spacial score (nSPS) is 12.3. The first kappa shape index (κ1) is 15.5. The number of aryl methyl sites for hydroxylation is 1. The van der Waals surface area contributed by atoms with Crippen LogP contribution in [0.4, 0.5) is 0 Å². The van der Waals surface area contributed by atoms with Crippen LogP contribution in [0.3, 0.4) is 0 Å². The van der Waals surface area contributed by atoms with E-state index in [0.717, 1.165) is 22.3 Å². The van der Waals surface area contributed by atoms with Crippen molar-refractivity contribution in [1.29, 1.82) is 0 Å². The van der Waals surface area contributed by atoms with Crippen LogP contribution in [-0.2, 0) is 7.05 Å². The number of hydrogen-bond acceptors (Lipinski definition) is 7. The van der Waals surface area contributed by atoms with E-state index < -0.39 is 0 Å². The van der Waals surface area contributed by atoms with Gasteiger partial charge < -0.3 is 13.8 Å². The van der Waals surface area contributed by atoms with E-state index in [9.17, 15) is 0 Å². The molecular formula is C15H17N5O2S. The van der Waals surface area contributed by atoms with Crippen LogP contribution in [-0.4, -0.2) is 32.0 Å². The molecule has 0 aliphatic heterocycles. The third-order valence-electron chi connectivity index (χ3n) is 3.36. The lowest BCUT2D eigenvalue weighted by Crippen LogP contribution is -1.97. The van der Waals surface area contributed by atoms with Crippen molar-refractivity contribution in [1.82, 2.24) is 24.9 Å². The molecule has 3 aromatic rings. The fraction of sp³-hybridized carbons (Fsp3) is 0.333. The van der Waals surface area contributed by atoms with Gasteiger partial charge in [-0.05, 0) is 38.1 Å². The summed E-state index contributed by atoms with van der Waals surface area (Å²) in [7, 11) is 3.58. The van der Waals surface area contributed by atoms with Crippen molar-refractivity contribution in [3.63, 3.8) is 0 Å². The summed E-state index contributed by atoms with van der Waals surface area (Å²) in [4.78, 5) is 4.25. The molecule has 0 radical (unpaired) electrons. The first-order chi connectivity index (χ1) is 11.1. The zero-order valence-corrected chi connectivity index (χ0v) is 14.2. The maximum Gasteiger partial charge on any atom is 0.239 e. The zero-order chi connectivity index (χ0) is 16.4. The molecule has 2 heterocycles. The van der Waals surface area contributed by atoms with Gasteiger partial charge in [0.05, 0.1) is 12.4 Å². The van der Waals surface area contributed by atoms with Gasteiger partial charge in [0.1, 0.15) is 5.75 Å². The van der Waals surface area contributed by atoms with Gasteiger partial charge in [0.2, 0.25) is 5.89 Å². The molecule has 0 fully saturated rings. The second-order valence-electron chi connectivity index (χ2n) is 5.03. The summed E-state index contributed by atoms with van der Waals surface area (Å²) < 4.78 is 12.3. The Hall–Kier alpha value is -2.35. The molecule has 0 saturated heterocycles. The van der Waals surface area contributed by atoms with E-state index in [-0.39, 0.29) is 5.25 Å². The molecule has 0 saturated carbocycles. The first-order valence-corrected chi connectivity index (χ1v) is 7.97. The van der Waals surface area contributed by atoms with Crippen molar-refractivity contribution >= 4 is 11.8 Å². The highest BCUT2D eigenvalue weighted by Crippen LogP contribution is 2.34. The van der Waals surface area contributed by atoms with Crippen LogP contribution in [0.2, 0.25) is 0 Å². The number of aromatic nitrogens is 5. The summed E-state index contributed by atoms with van der Waals surface area (Å²) in [5, 5.41) is 13.2. The van der Waals surface area contributed by atoms with E-state index in [2.05, 4.69) is 20.3 Å². The topological polar surface area (TPSA) is 78.9 Å². The predicted octanol–water partition coefficient (Wildman–Crippen LogP) is 3.04. The number of benzene rings is 1. The molecule has 0 spiro atoms. The molecule has 1 unspecified atom stereocenters. The lowest BCUT2D eigenvalue weighted by atomic mass is 10.2. The van der Waals surface area contributed by atoms with Crippen molar-refractivity contribution in [2.75, 3.05) is 7.11 Å². The van der Waals surface area contributed by atoms with Crippen molar-refractivity contribution in [2.24, 2.45) is 7.05 Å². The number of rotatable bonds is 5. The fourth-order valence-electron chi connectivity index (χ4n) is 2.10. The first-order valence-electron chi connectivity index (χ1n) is 7.09. The standard InChI is InChI=1S/C15H17N5O2S/c1-9(14-16-10(2)19-22-14)23-15-18-17-13(20(15)3)11-5-7-12(21-4)8-6-11/h5-9H,1-4H3. The predicted molar refractivity (Wildman–Crippen MR) is 86.3 cm³/mol. The Labute approximate surface area is 138 Å². The van der Waals surface area contributed by atoms with E-state index in [4.69, 9.17) is 9.26 Å². The number of methoxy groups -OCH3 is 1. The third-order valence-corrected chi connectivity index (χ3v) is 4.48. The molecule has 2 aromatic heterocycles. The van der Waals surface area contributed by atoms with Gasteiger partial charge in [-0.3, -0.25) is 0 Å². The monoisotopic (exact) mass is 331 g/mol. The Morgan fingerprint density at radius 3 is 2.57 bits per heavy atom. The highest BCUT2D eigenvalue weighted by Gasteiger charge is 2.19. The van der Waals surface area contributed by atoms with Crippen LogP contribution in [0.15, 0.2) is 33.9 Å². The molecule has 1 aromatic carbocycles. The van der Waals surface area contributed by atoms with Crippen LogP contribution >= 0.6 is 11.8 Å². The summed E-state index contributed by atoms with van der Waals surface area (Å²) in [6.07, 6.45) is 0. The average molecular weight is 331 g/mol. The average Bonchev–Trinajstić information content (AvgIpc) is 3.14. The van der Waals surface area contributed by atoms with E-state index in [1.54, 1.807) is 14.0 Å². The Kier molecular flexibility index (Phi) is 4.33. The minimum atomic E-state index is 0.00261. The maximum atomic E-state index is 5.20. The Morgan fingerprint density at radius 1 is 1.22 bits per heavy atom. The maximum absolute atomic E-state index is 5.20. The SMILES string of the molecule is COc1ccc(-c2nnc(SC(C)c3nc(C)no3)n2C)cc1. The van der Waals surface area contributed by atoms with E-state index in [0.29, 0.717) is 11.7 Å². The molecule has 0 bridgehead atoms. The second-order valence-corrected chi connectivity index (χ2v) is 6.34. The molecule has 7 nitrogen and oxygen atoms in total. The largest absolute Gasteiger partial charge is 0.497 e. The summed E-state index contributed by atoms with van der Waals surface area (Å²) in [5.41, 5.74) is 0.980. The summed E-state index contributed by atoms with van der Waals surface area (Å²) in [5.74, 6) is 2.82. The van der Waals surface area contributed by atoms with Gasteiger partial charge in [-0.25, -0.2) is 0 Å². The molecule has 0 aliphatic rings. The molecular weight excluding hydrogens is 314 g/mol. The molecule has 23 heavy (non-hydrogen) atoms.